The van der Waals surface area contributed by atoms with Crippen molar-refractivity contribution < 1.29 is 9.53 Å². The molecule has 0 aromatic rings. The molecule has 2 bridgehead atoms. The van der Waals surface area contributed by atoms with E-state index in [1.165, 1.54) is 25.7 Å². The molecule has 0 amide bonds. The molecular weight excluding hydrogens is 188 g/mol. The summed E-state index contributed by atoms with van der Waals surface area (Å²) in [6, 6.07) is 0. The Morgan fingerprint density at radius 2 is 2.00 bits per heavy atom. The molecule has 4 fully saturated rings. The van der Waals surface area contributed by atoms with Gasteiger partial charge in [0.05, 0.1) is 5.60 Å². The molecule has 2 nitrogen and oxygen atoms in total. The van der Waals surface area contributed by atoms with E-state index in [9.17, 15) is 4.79 Å². The first-order chi connectivity index (χ1) is 7.28. The second-order valence-electron chi connectivity index (χ2n) is 5.98. The highest BCUT2D eigenvalue weighted by Crippen LogP contribution is 2.69. The molecule has 0 N–H and O–H groups in total. The Kier molecular flexibility index (Phi) is 1.44. The van der Waals surface area contributed by atoms with E-state index in [1.807, 2.05) is 0 Å². The van der Waals surface area contributed by atoms with Crippen LogP contribution in [0.4, 0.5) is 0 Å². The number of Topliss-reactive ketones (excluding diaryl/α,β-unsaturated/α-hetero) is 1. The van der Waals surface area contributed by atoms with Gasteiger partial charge in [-0.15, -0.1) is 0 Å². The molecule has 82 valence electrons. The lowest BCUT2D eigenvalue weighted by molar-refractivity contribution is -0.134. The first-order valence-electron chi connectivity index (χ1n) is 6.51. The Labute approximate surface area is 90.4 Å². The highest BCUT2D eigenvalue weighted by atomic mass is 16.6. The van der Waals surface area contributed by atoms with E-state index < -0.39 is 0 Å². The molecule has 3 saturated carbocycles. The van der Waals surface area contributed by atoms with Gasteiger partial charge in [0.2, 0.25) is 0 Å². The van der Waals surface area contributed by atoms with Gasteiger partial charge in [-0.25, -0.2) is 0 Å². The van der Waals surface area contributed by atoms with Gasteiger partial charge in [0, 0.05) is 11.8 Å². The third kappa shape index (κ3) is 0.848. The van der Waals surface area contributed by atoms with E-state index >= 15 is 0 Å². The highest BCUT2D eigenvalue weighted by molar-refractivity contribution is 5.88. The number of ether oxygens (including phenoxy) is 1. The summed E-state index contributed by atoms with van der Waals surface area (Å²) in [5, 5.41) is 0. The number of carbonyl (C=O) groups excluding carboxylic acids is 1. The largest absolute Gasteiger partial charge is 0.362 e. The Morgan fingerprint density at radius 3 is 2.93 bits per heavy atom. The molecule has 0 aromatic carbocycles. The van der Waals surface area contributed by atoms with Crippen molar-refractivity contribution >= 4 is 5.78 Å². The molecule has 0 radical (unpaired) electrons. The highest BCUT2D eigenvalue weighted by Gasteiger charge is 2.77. The smallest absolute Gasteiger partial charge is 0.142 e. The summed E-state index contributed by atoms with van der Waals surface area (Å²) in [7, 11) is 0. The minimum atomic E-state index is 0.0409. The lowest BCUT2D eigenvalue weighted by Crippen LogP contribution is -2.50. The van der Waals surface area contributed by atoms with E-state index in [0.717, 1.165) is 25.7 Å². The van der Waals surface area contributed by atoms with Crippen LogP contribution in [0.25, 0.3) is 0 Å². The Hall–Kier alpha value is -0.370. The first-order valence-corrected chi connectivity index (χ1v) is 6.51. The monoisotopic (exact) mass is 206 g/mol. The summed E-state index contributed by atoms with van der Waals surface area (Å²) in [5.41, 5.74) is 0.216. The minimum Gasteiger partial charge on any atom is -0.362 e. The molecule has 4 unspecified atom stereocenters. The lowest BCUT2D eigenvalue weighted by Gasteiger charge is -2.41. The van der Waals surface area contributed by atoms with Crippen LogP contribution < -0.4 is 0 Å². The minimum absolute atomic E-state index is 0.0409. The number of carbonyl (C=O) groups is 1. The van der Waals surface area contributed by atoms with Gasteiger partial charge in [0.15, 0.2) is 0 Å². The van der Waals surface area contributed by atoms with Crippen LogP contribution in [-0.4, -0.2) is 17.0 Å². The summed E-state index contributed by atoms with van der Waals surface area (Å²) in [6.45, 7) is 0. The second kappa shape index (κ2) is 2.48. The fourth-order valence-corrected chi connectivity index (χ4v) is 4.74. The third-order valence-electron chi connectivity index (χ3n) is 5.42. The summed E-state index contributed by atoms with van der Waals surface area (Å²) in [4.78, 5) is 12.2. The van der Waals surface area contributed by atoms with Gasteiger partial charge >= 0.3 is 0 Å². The summed E-state index contributed by atoms with van der Waals surface area (Å²) < 4.78 is 6.18. The van der Waals surface area contributed by atoms with Gasteiger partial charge in [-0.1, -0.05) is 19.3 Å². The lowest BCUT2D eigenvalue weighted by atomic mass is 9.57. The van der Waals surface area contributed by atoms with Crippen molar-refractivity contribution in [2.24, 2.45) is 11.8 Å². The third-order valence-corrected chi connectivity index (χ3v) is 5.42. The maximum absolute atomic E-state index is 12.2. The van der Waals surface area contributed by atoms with Crippen molar-refractivity contribution in [2.75, 3.05) is 0 Å². The van der Waals surface area contributed by atoms with Crippen LogP contribution in [0.5, 0.6) is 0 Å². The Balaban J connectivity index is 1.77. The zero-order valence-corrected chi connectivity index (χ0v) is 9.13. The molecular formula is C13H18O2. The maximum Gasteiger partial charge on any atom is 0.142 e. The Morgan fingerprint density at radius 1 is 1.13 bits per heavy atom. The van der Waals surface area contributed by atoms with Gasteiger partial charge < -0.3 is 4.74 Å². The molecule has 1 aliphatic heterocycles. The molecule has 2 heteroatoms. The van der Waals surface area contributed by atoms with Crippen molar-refractivity contribution in [2.45, 2.75) is 62.6 Å². The molecule has 1 saturated heterocycles. The zero-order valence-electron chi connectivity index (χ0n) is 9.13. The van der Waals surface area contributed by atoms with Gasteiger partial charge in [-0.05, 0) is 32.1 Å². The number of ketones is 1. The second-order valence-corrected chi connectivity index (χ2v) is 5.98. The number of rotatable bonds is 0. The van der Waals surface area contributed by atoms with Crippen LogP contribution >= 0.6 is 0 Å². The van der Waals surface area contributed by atoms with Crippen molar-refractivity contribution in [1.82, 2.24) is 0 Å². The average Bonchev–Trinajstić information content (AvgIpc) is 2.88. The number of epoxide rings is 1. The van der Waals surface area contributed by atoms with Crippen molar-refractivity contribution in [3.05, 3.63) is 0 Å². The van der Waals surface area contributed by atoms with E-state index in [0.29, 0.717) is 11.7 Å². The summed E-state index contributed by atoms with van der Waals surface area (Å²) >= 11 is 0. The SMILES string of the molecule is O=C1C2CCCC1C13CCCCC1(C2)O3. The van der Waals surface area contributed by atoms with Crippen LogP contribution in [0.15, 0.2) is 0 Å². The van der Waals surface area contributed by atoms with Crippen LogP contribution in [0, 0.1) is 11.8 Å². The van der Waals surface area contributed by atoms with E-state index in [-0.39, 0.29) is 17.1 Å². The number of fused-ring (bicyclic) bond motifs is 2. The van der Waals surface area contributed by atoms with Crippen molar-refractivity contribution in [3.63, 3.8) is 0 Å². The normalized spacial score (nSPS) is 56.9. The fourth-order valence-electron chi connectivity index (χ4n) is 4.74. The van der Waals surface area contributed by atoms with Crippen molar-refractivity contribution in [3.8, 4) is 0 Å². The molecule has 0 spiro atoms. The number of hydrogen-bond acceptors (Lipinski definition) is 2. The topological polar surface area (TPSA) is 29.6 Å². The Bertz CT molecular complexity index is 337. The molecule has 15 heavy (non-hydrogen) atoms. The van der Waals surface area contributed by atoms with Crippen LogP contribution in [0.2, 0.25) is 0 Å². The van der Waals surface area contributed by atoms with E-state index in [4.69, 9.17) is 4.74 Å². The molecule has 4 atom stereocenters. The van der Waals surface area contributed by atoms with E-state index in [2.05, 4.69) is 0 Å². The van der Waals surface area contributed by atoms with Crippen molar-refractivity contribution in [1.29, 1.82) is 0 Å². The van der Waals surface area contributed by atoms with Gasteiger partial charge in [-0.3, -0.25) is 4.79 Å². The average molecular weight is 206 g/mol. The van der Waals surface area contributed by atoms with Gasteiger partial charge in [0.25, 0.3) is 0 Å². The maximum atomic E-state index is 12.2. The first kappa shape index (κ1) is 8.74. The van der Waals surface area contributed by atoms with Crippen LogP contribution in [0.3, 0.4) is 0 Å². The summed E-state index contributed by atoms with van der Waals surface area (Å²) in [5.74, 6) is 1.19. The zero-order chi connectivity index (χ0) is 10.1. The predicted octanol–water partition coefficient (Wildman–Crippen LogP) is 2.46. The predicted molar refractivity (Wildman–Crippen MR) is 55.5 cm³/mol. The molecule has 3 aliphatic carbocycles. The summed E-state index contributed by atoms with van der Waals surface area (Å²) in [6.07, 6.45) is 9.53. The molecule has 0 aromatic heterocycles. The molecule has 4 aliphatic rings. The molecule has 4 rings (SSSR count). The van der Waals surface area contributed by atoms with Crippen LogP contribution in [-0.2, 0) is 9.53 Å². The van der Waals surface area contributed by atoms with Gasteiger partial charge in [-0.2, -0.15) is 0 Å². The molecule has 1 heterocycles. The van der Waals surface area contributed by atoms with E-state index in [1.54, 1.807) is 0 Å². The van der Waals surface area contributed by atoms with Crippen LogP contribution in [0.1, 0.15) is 51.4 Å². The number of hydrogen-bond donors (Lipinski definition) is 0. The standard InChI is InChI=1S/C13H18O2/c14-11-9-4-3-5-10(11)13-7-2-1-6-12(13,8-9)15-13/h9-10H,1-8H2. The quantitative estimate of drug-likeness (QED) is 0.570. The fraction of sp³-hybridized carbons (Fsp3) is 0.923. The van der Waals surface area contributed by atoms with Gasteiger partial charge in [0.1, 0.15) is 11.4 Å².